The fourth-order valence-corrected chi connectivity index (χ4v) is 6.50. The van der Waals surface area contributed by atoms with Crippen LogP contribution < -0.4 is 0 Å². The third kappa shape index (κ3) is 8.57. The van der Waals surface area contributed by atoms with Crippen molar-refractivity contribution in [3.8, 4) is 0 Å². The summed E-state index contributed by atoms with van der Waals surface area (Å²) in [6.45, 7) is 0.765. The zero-order chi connectivity index (χ0) is 38.3. The van der Waals surface area contributed by atoms with Crippen molar-refractivity contribution >= 4 is 0 Å². The highest BCUT2D eigenvalue weighted by molar-refractivity contribution is 4.97. The van der Waals surface area contributed by atoms with E-state index in [1.165, 1.54) is 13.8 Å². The Morgan fingerprint density at radius 2 is 0.962 bits per heavy atom. The van der Waals surface area contributed by atoms with Crippen LogP contribution in [0.25, 0.3) is 0 Å². The van der Waals surface area contributed by atoms with Gasteiger partial charge in [0.15, 0.2) is 31.5 Å². The van der Waals surface area contributed by atoms with Gasteiger partial charge in [-0.25, -0.2) is 0 Å². The number of aliphatic hydroxyl groups excluding tert-OH is 14. The molecule has 0 radical (unpaired) electrons. The number of aliphatic hydroxyl groups is 14. The average molecular weight is 767 g/mol. The lowest BCUT2D eigenvalue weighted by Gasteiger charge is -2.49. The number of hydrogen-bond donors (Lipinski definition) is 14. The van der Waals surface area contributed by atoms with Crippen molar-refractivity contribution in [3.05, 3.63) is 0 Å². The molecule has 0 unspecified atom stereocenters. The van der Waals surface area contributed by atoms with Crippen LogP contribution in [0.5, 0.6) is 0 Å². The topological polar surface area (TPSA) is 366 Å². The Kier molecular flexibility index (Phi) is 14.2. The summed E-state index contributed by atoms with van der Waals surface area (Å²) in [5.74, 6) is 0. The van der Waals surface area contributed by atoms with E-state index < -0.39 is 167 Å². The van der Waals surface area contributed by atoms with Gasteiger partial charge in [0.2, 0.25) is 0 Å². The van der Waals surface area contributed by atoms with Crippen molar-refractivity contribution in [1.29, 1.82) is 0 Å². The Morgan fingerprint density at radius 1 is 0.462 bits per heavy atom. The first-order valence-electron chi connectivity index (χ1n) is 16.7. The quantitative estimate of drug-likeness (QED) is 0.0981. The maximum Gasteiger partial charge on any atom is 0.187 e. The molecule has 0 aromatic rings. The van der Waals surface area contributed by atoms with E-state index >= 15 is 0 Å². The van der Waals surface area contributed by atoms with Crippen LogP contribution in [0.1, 0.15) is 13.8 Å². The van der Waals surface area contributed by atoms with Crippen molar-refractivity contribution in [2.45, 2.75) is 161 Å². The molecule has 24 atom stereocenters. The molecule has 0 bridgehead atoms. The summed E-state index contributed by atoms with van der Waals surface area (Å²) in [4.78, 5) is 0. The van der Waals surface area contributed by atoms with Gasteiger partial charge in [-0.3, -0.25) is 0 Å². The van der Waals surface area contributed by atoms with Gasteiger partial charge in [-0.2, -0.15) is 0 Å². The molecule has 0 spiro atoms. The molecule has 0 aromatic heterocycles. The molecule has 5 heterocycles. The smallest absolute Gasteiger partial charge is 0.187 e. The predicted molar refractivity (Wildman–Crippen MR) is 158 cm³/mol. The average Bonchev–Trinajstić information content (AvgIpc) is 3.12. The molecule has 5 aliphatic heterocycles. The normalized spacial score (nSPS) is 54.9. The SMILES string of the molecule is C[C@@H]1O[C@@H](OC[C@H]2O[C@@H](O[C@@H]3[C@@H](O)[C@H](C)O[C@@H](O[C@@H]4[C@@H](O)[C@@H](O)CO[C@H]4O)[C@@H]3O)[C@H](O)[C@@H](O)[C@@H]2O[C@@H]2O[C@H](CO)[C@@H](O)[C@H](O)[C@H]2O)[C@H](O)[C@H](O)[C@H]1O. The maximum absolute atomic E-state index is 11.3. The highest BCUT2D eigenvalue weighted by atomic mass is 16.8. The highest BCUT2D eigenvalue weighted by Gasteiger charge is 2.55. The Balaban J connectivity index is 1.35. The van der Waals surface area contributed by atoms with Gasteiger partial charge in [0, 0.05) is 0 Å². The van der Waals surface area contributed by atoms with Gasteiger partial charge in [0.1, 0.15) is 104 Å². The molecule has 52 heavy (non-hydrogen) atoms. The van der Waals surface area contributed by atoms with Gasteiger partial charge in [-0.05, 0) is 13.8 Å². The molecule has 5 fully saturated rings. The molecular formula is C29H50O23. The summed E-state index contributed by atoms with van der Waals surface area (Å²) in [6.07, 6.45) is -40.8. The molecule has 0 aromatic carbocycles. The van der Waals surface area contributed by atoms with Crippen LogP contribution in [0.4, 0.5) is 0 Å². The first-order valence-corrected chi connectivity index (χ1v) is 16.7. The fraction of sp³-hybridized carbons (Fsp3) is 1.00. The van der Waals surface area contributed by atoms with Crippen LogP contribution in [0, 0.1) is 0 Å². The van der Waals surface area contributed by atoms with Gasteiger partial charge < -0.3 is 114 Å². The van der Waals surface area contributed by atoms with E-state index in [1.54, 1.807) is 0 Å². The van der Waals surface area contributed by atoms with Gasteiger partial charge in [-0.15, -0.1) is 0 Å². The number of rotatable bonds is 10. The lowest BCUT2D eigenvalue weighted by atomic mass is 9.96. The van der Waals surface area contributed by atoms with Crippen LogP contribution in [-0.2, 0) is 42.6 Å². The first-order chi connectivity index (χ1) is 24.5. The third-order valence-electron chi connectivity index (χ3n) is 9.83. The molecule has 23 heteroatoms. The number of ether oxygens (including phenoxy) is 9. The summed E-state index contributed by atoms with van der Waals surface area (Å²) >= 11 is 0. The highest BCUT2D eigenvalue weighted by Crippen LogP contribution is 2.34. The summed E-state index contributed by atoms with van der Waals surface area (Å²) in [6, 6.07) is 0. The van der Waals surface area contributed by atoms with Crippen molar-refractivity contribution in [2.75, 3.05) is 19.8 Å². The van der Waals surface area contributed by atoms with E-state index in [1.807, 2.05) is 0 Å². The van der Waals surface area contributed by atoms with Crippen LogP contribution in [0.15, 0.2) is 0 Å². The Bertz CT molecular complexity index is 1120. The summed E-state index contributed by atoms with van der Waals surface area (Å²) in [5.41, 5.74) is 0. The molecule has 0 saturated carbocycles. The third-order valence-corrected chi connectivity index (χ3v) is 9.83. The first kappa shape index (κ1) is 42.2. The van der Waals surface area contributed by atoms with Crippen LogP contribution in [-0.4, -0.2) is 239 Å². The van der Waals surface area contributed by atoms with Gasteiger partial charge >= 0.3 is 0 Å². The summed E-state index contributed by atoms with van der Waals surface area (Å²) < 4.78 is 49.7. The van der Waals surface area contributed by atoms with E-state index in [4.69, 9.17) is 42.6 Å². The van der Waals surface area contributed by atoms with E-state index in [9.17, 15) is 71.5 Å². The zero-order valence-electron chi connectivity index (χ0n) is 27.9. The molecule has 0 aliphatic carbocycles. The van der Waals surface area contributed by atoms with Gasteiger partial charge in [0.05, 0.1) is 32.0 Å². The second-order valence-electron chi connectivity index (χ2n) is 13.5. The monoisotopic (exact) mass is 766 g/mol. The minimum Gasteiger partial charge on any atom is -0.394 e. The Hall–Kier alpha value is -0.920. The minimum atomic E-state index is -2.08. The predicted octanol–water partition coefficient (Wildman–Crippen LogP) is -9.23. The van der Waals surface area contributed by atoms with Crippen LogP contribution >= 0.6 is 0 Å². The fourth-order valence-electron chi connectivity index (χ4n) is 6.50. The molecule has 304 valence electrons. The second-order valence-corrected chi connectivity index (χ2v) is 13.5. The van der Waals surface area contributed by atoms with E-state index in [0.717, 1.165) is 0 Å². The lowest BCUT2D eigenvalue weighted by Crippen LogP contribution is -2.67. The van der Waals surface area contributed by atoms with Gasteiger partial charge in [-0.1, -0.05) is 0 Å². The Labute approximate surface area is 295 Å². The van der Waals surface area contributed by atoms with Crippen molar-refractivity contribution in [1.82, 2.24) is 0 Å². The zero-order valence-corrected chi connectivity index (χ0v) is 27.9. The van der Waals surface area contributed by atoms with E-state index in [0.29, 0.717) is 0 Å². The van der Waals surface area contributed by atoms with Crippen molar-refractivity contribution in [2.24, 2.45) is 0 Å². The molecule has 0 amide bonds. The second kappa shape index (κ2) is 17.5. The minimum absolute atomic E-state index is 0.421. The van der Waals surface area contributed by atoms with Crippen LogP contribution in [0.2, 0.25) is 0 Å². The molecular weight excluding hydrogens is 716 g/mol. The molecule has 14 N–H and O–H groups in total. The Morgan fingerprint density at radius 3 is 1.62 bits per heavy atom. The van der Waals surface area contributed by atoms with E-state index in [2.05, 4.69) is 0 Å². The maximum atomic E-state index is 11.3. The van der Waals surface area contributed by atoms with Crippen molar-refractivity contribution in [3.63, 3.8) is 0 Å². The molecule has 5 aliphatic rings. The standard InChI is InChI=1S/C29H50O23/c1-6-11(32)15(36)18(39)26(46-6)45-5-10-22(50-27-19(40)16(37)14(35)9(3-30)48-27)17(38)20(41)28(49-10)51-23-12(33)7(2)47-29(21(23)42)52-24-13(34)8(31)4-44-25(24)43/h6-43H,3-5H2,1-2H3/t6-,7-,8-,9+,10+,11-,12-,13-,14+,15+,16-,17+,18+,19+,20+,21+,22+,23+,24+,25+,26+,27-,28-,29-/m0/s1. The van der Waals surface area contributed by atoms with Gasteiger partial charge in [0.25, 0.3) is 0 Å². The molecule has 5 rings (SSSR count). The number of hydrogen-bond acceptors (Lipinski definition) is 23. The molecule has 5 saturated heterocycles. The lowest BCUT2D eigenvalue weighted by molar-refractivity contribution is -0.390. The summed E-state index contributed by atoms with van der Waals surface area (Å²) in [7, 11) is 0. The summed E-state index contributed by atoms with van der Waals surface area (Å²) in [5, 5.41) is 146. The van der Waals surface area contributed by atoms with E-state index in [-0.39, 0.29) is 0 Å². The largest absolute Gasteiger partial charge is 0.394 e. The molecule has 23 nitrogen and oxygen atoms in total. The van der Waals surface area contributed by atoms with Crippen LogP contribution in [0.3, 0.4) is 0 Å². The van der Waals surface area contributed by atoms with Crippen molar-refractivity contribution < 1.29 is 114 Å².